The molecular formula is C16H20N2O3. The van der Waals surface area contributed by atoms with Crippen molar-refractivity contribution in [1.82, 2.24) is 10.3 Å². The summed E-state index contributed by atoms with van der Waals surface area (Å²) in [5, 5.41) is 11.6. The lowest BCUT2D eigenvalue weighted by molar-refractivity contribution is -0.137. The maximum atomic E-state index is 11.7. The largest absolute Gasteiger partial charge is 0.481 e. The smallest absolute Gasteiger partial charge is 0.303 e. The molecule has 0 aliphatic carbocycles. The molecule has 21 heavy (non-hydrogen) atoms. The molecule has 1 aromatic rings. The first-order chi connectivity index (χ1) is 9.92. The number of rotatable bonds is 5. The maximum absolute atomic E-state index is 11.7. The van der Waals surface area contributed by atoms with E-state index in [1.54, 1.807) is 0 Å². The summed E-state index contributed by atoms with van der Waals surface area (Å²) in [4.78, 5) is 25.6. The van der Waals surface area contributed by atoms with Crippen molar-refractivity contribution in [3.63, 3.8) is 0 Å². The number of hydrogen-bond donors (Lipinski definition) is 3. The molecule has 1 aliphatic heterocycles. The maximum Gasteiger partial charge on any atom is 0.303 e. The lowest BCUT2D eigenvalue weighted by atomic mass is 10.1. The van der Waals surface area contributed by atoms with Crippen LogP contribution >= 0.6 is 0 Å². The highest BCUT2D eigenvalue weighted by Gasteiger charge is 2.22. The van der Waals surface area contributed by atoms with Crippen molar-refractivity contribution in [1.29, 1.82) is 0 Å². The number of hydrogen-bond acceptors (Lipinski definition) is 2. The molecule has 0 saturated carbocycles. The third kappa shape index (κ3) is 3.24. The van der Waals surface area contributed by atoms with Crippen molar-refractivity contribution in [3.8, 4) is 0 Å². The van der Waals surface area contributed by atoms with E-state index in [2.05, 4.69) is 10.3 Å². The summed E-state index contributed by atoms with van der Waals surface area (Å²) in [6, 6.07) is 1.97. The molecule has 1 aliphatic rings. The van der Waals surface area contributed by atoms with Crippen LogP contribution in [0.2, 0.25) is 0 Å². The second-order valence-electron chi connectivity index (χ2n) is 5.25. The number of carbonyl (C=O) groups is 2. The molecule has 1 aromatic heterocycles. The second kappa shape index (κ2) is 5.99. The van der Waals surface area contributed by atoms with Gasteiger partial charge in [0.2, 0.25) is 0 Å². The number of H-pyrrole nitrogens is 1. The third-order valence-electron chi connectivity index (χ3n) is 3.75. The summed E-state index contributed by atoms with van der Waals surface area (Å²) in [6.07, 6.45) is 3.28. The summed E-state index contributed by atoms with van der Waals surface area (Å²) in [5.74, 6) is -0.855. The molecule has 0 unspecified atom stereocenters. The molecule has 2 heterocycles. The van der Waals surface area contributed by atoms with E-state index >= 15 is 0 Å². The van der Waals surface area contributed by atoms with E-state index in [1.165, 1.54) is 0 Å². The molecule has 5 nitrogen and oxygen atoms in total. The molecule has 0 aromatic carbocycles. The number of amides is 1. The Morgan fingerprint density at radius 3 is 2.71 bits per heavy atom. The van der Waals surface area contributed by atoms with Crippen LogP contribution in [0.15, 0.2) is 22.9 Å². The van der Waals surface area contributed by atoms with Gasteiger partial charge in [0.05, 0.1) is 6.42 Å². The van der Waals surface area contributed by atoms with Crippen molar-refractivity contribution < 1.29 is 14.7 Å². The van der Waals surface area contributed by atoms with Gasteiger partial charge < -0.3 is 15.4 Å². The fraction of sp³-hybridized carbons (Fsp3) is 0.375. The van der Waals surface area contributed by atoms with Gasteiger partial charge in [0, 0.05) is 22.7 Å². The number of carboxylic acid groups (broad SMARTS) is 1. The van der Waals surface area contributed by atoms with Crippen molar-refractivity contribution in [2.24, 2.45) is 0 Å². The molecular weight excluding hydrogens is 268 g/mol. The highest BCUT2D eigenvalue weighted by molar-refractivity contribution is 6.00. The van der Waals surface area contributed by atoms with Crippen LogP contribution < -0.4 is 5.32 Å². The van der Waals surface area contributed by atoms with E-state index in [0.29, 0.717) is 6.42 Å². The Bertz CT molecular complexity index is 650. The van der Waals surface area contributed by atoms with E-state index in [-0.39, 0.29) is 12.3 Å². The Morgan fingerprint density at radius 2 is 2.10 bits per heavy atom. The quantitative estimate of drug-likeness (QED) is 0.778. The normalized spacial score (nSPS) is 16.7. The average Bonchev–Trinajstić information content (AvgIpc) is 2.88. The number of nitrogens with one attached hydrogen (secondary N) is 2. The van der Waals surface area contributed by atoms with Crippen molar-refractivity contribution in [3.05, 3.63) is 39.9 Å². The van der Waals surface area contributed by atoms with Crippen LogP contribution in [0.25, 0.3) is 6.08 Å². The van der Waals surface area contributed by atoms with Crippen molar-refractivity contribution in [2.75, 3.05) is 0 Å². The topological polar surface area (TPSA) is 82.2 Å². The Labute approximate surface area is 123 Å². The zero-order valence-electron chi connectivity index (χ0n) is 12.5. The van der Waals surface area contributed by atoms with Crippen LogP contribution in [0.3, 0.4) is 0 Å². The zero-order valence-corrected chi connectivity index (χ0v) is 12.5. The van der Waals surface area contributed by atoms with Crippen molar-refractivity contribution in [2.45, 2.75) is 40.0 Å². The summed E-state index contributed by atoms with van der Waals surface area (Å²) in [6.45, 7) is 5.79. The van der Waals surface area contributed by atoms with E-state index in [1.807, 2.05) is 32.9 Å². The predicted molar refractivity (Wildman–Crippen MR) is 80.6 cm³/mol. The first-order valence-electron chi connectivity index (χ1n) is 7.05. The fourth-order valence-corrected chi connectivity index (χ4v) is 2.56. The van der Waals surface area contributed by atoms with Gasteiger partial charge in [0.15, 0.2) is 0 Å². The molecule has 1 amide bonds. The number of aromatic nitrogens is 1. The SMILES string of the molecule is CCC1=C(C)C(=O)N/C1=C\c1cc(C)c(CCC(=O)O)[nH]1. The number of allylic oxidation sites excluding steroid dienone is 1. The minimum Gasteiger partial charge on any atom is -0.481 e. The number of aryl methyl sites for hydroxylation is 2. The highest BCUT2D eigenvalue weighted by atomic mass is 16.4. The van der Waals surface area contributed by atoms with Gasteiger partial charge in [-0.05, 0) is 50.0 Å². The first-order valence-corrected chi connectivity index (χ1v) is 7.05. The molecule has 0 spiro atoms. The van der Waals surface area contributed by atoms with Gasteiger partial charge in [-0.15, -0.1) is 0 Å². The summed E-state index contributed by atoms with van der Waals surface area (Å²) in [5.41, 5.74) is 5.45. The second-order valence-corrected chi connectivity index (χ2v) is 5.25. The summed E-state index contributed by atoms with van der Waals surface area (Å²) < 4.78 is 0. The van der Waals surface area contributed by atoms with Crippen molar-refractivity contribution >= 4 is 18.0 Å². The molecule has 5 heteroatoms. The average molecular weight is 288 g/mol. The minimum absolute atomic E-state index is 0.0486. The standard InChI is InChI=1S/C16H20N2O3/c1-4-12-10(3)16(21)18-14(12)8-11-7-9(2)13(17-11)5-6-15(19)20/h7-8,17H,4-6H2,1-3H3,(H,18,21)(H,19,20)/b14-8-. The van der Waals surface area contributed by atoms with Crippen LogP contribution in [0.4, 0.5) is 0 Å². The first kappa shape index (κ1) is 15.1. The van der Waals surface area contributed by atoms with Gasteiger partial charge in [0.25, 0.3) is 5.91 Å². The molecule has 112 valence electrons. The van der Waals surface area contributed by atoms with Gasteiger partial charge in [-0.25, -0.2) is 0 Å². The number of aliphatic carboxylic acids is 1. The Balaban J connectivity index is 2.24. The number of carboxylic acids is 1. The van der Waals surface area contributed by atoms with Crippen LogP contribution in [-0.2, 0) is 16.0 Å². The zero-order chi connectivity index (χ0) is 15.6. The van der Waals surface area contributed by atoms with Crippen LogP contribution in [0, 0.1) is 6.92 Å². The van der Waals surface area contributed by atoms with Gasteiger partial charge in [0.1, 0.15) is 0 Å². The highest BCUT2D eigenvalue weighted by Crippen LogP contribution is 2.25. The van der Waals surface area contributed by atoms with E-state index < -0.39 is 5.97 Å². The Kier molecular flexibility index (Phi) is 4.31. The van der Waals surface area contributed by atoms with E-state index in [0.717, 1.165) is 40.2 Å². The monoisotopic (exact) mass is 288 g/mol. The summed E-state index contributed by atoms with van der Waals surface area (Å²) >= 11 is 0. The third-order valence-corrected chi connectivity index (χ3v) is 3.75. The van der Waals surface area contributed by atoms with Gasteiger partial charge in [-0.1, -0.05) is 6.92 Å². The van der Waals surface area contributed by atoms with E-state index in [4.69, 9.17) is 5.11 Å². The number of carbonyl (C=O) groups excluding carboxylic acids is 1. The van der Waals surface area contributed by atoms with Gasteiger partial charge in [-0.3, -0.25) is 9.59 Å². The van der Waals surface area contributed by atoms with Gasteiger partial charge >= 0.3 is 5.97 Å². The predicted octanol–water partition coefficient (Wildman–Crippen LogP) is 2.54. The van der Waals surface area contributed by atoms with Crippen LogP contribution in [0.1, 0.15) is 43.6 Å². The Morgan fingerprint density at radius 1 is 1.38 bits per heavy atom. The molecule has 2 rings (SSSR count). The van der Waals surface area contributed by atoms with Gasteiger partial charge in [-0.2, -0.15) is 0 Å². The van der Waals surface area contributed by atoms with E-state index in [9.17, 15) is 9.59 Å². The molecule has 0 radical (unpaired) electrons. The molecule has 0 bridgehead atoms. The lowest BCUT2D eigenvalue weighted by Crippen LogP contribution is -2.15. The van der Waals surface area contributed by atoms with Crippen LogP contribution in [0.5, 0.6) is 0 Å². The summed E-state index contributed by atoms with van der Waals surface area (Å²) in [7, 11) is 0. The molecule has 3 N–H and O–H groups in total. The molecule has 0 atom stereocenters. The minimum atomic E-state index is -0.807. The number of aromatic amines is 1. The lowest BCUT2D eigenvalue weighted by Gasteiger charge is -2.02. The molecule has 0 saturated heterocycles. The Hall–Kier alpha value is -2.30. The van der Waals surface area contributed by atoms with Crippen LogP contribution in [-0.4, -0.2) is 22.0 Å². The molecule has 0 fully saturated rings. The fourth-order valence-electron chi connectivity index (χ4n) is 2.56.